The predicted molar refractivity (Wildman–Crippen MR) is 51.1 cm³/mol. The molecule has 0 unspecified atom stereocenters. The molecule has 15 heavy (non-hydrogen) atoms. The number of sulfonamides is 1. The Labute approximate surface area is 86.8 Å². The molecule has 3 N–H and O–H groups in total. The van der Waals surface area contributed by atoms with E-state index in [0.29, 0.717) is 12.8 Å². The molecule has 1 rings (SSSR count). The summed E-state index contributed by atoms with van der Waals surface area (Å²) >= 11 is 0. The summed E-state index contributed by atoms with van der Waals surface area (Å²) in [6.07, 6.45) is 0.669. The third-order valence-electron chi connectivity index (χ3n) is 2.48. The highest BCUT2D eigenvalue weighted by Gasteiger charge is 2.35. The Hall–Kier alpha value is -0.760. The number of halogens is 2. The molecule has 5 nitrogen and oxygen atoms in total. The summed E-state index contributed by atoms with van der Waals surface area (Å²) in [4.78, 5) is 0. The van der Waals surface area contributed by atoms with E-state index in [1.807, 2.05) is 0 Å². The summed E-state index contributed by atoms with van der Waals surface area (Å²) in [5.41, 5.74) is 5.25. The van der Waals surface area contributed by atoms with Gasteiger partial charge in [-0.3, -0.25) is 5.41 Å². The highest BCUT2D eigenvalue weighted by atomic mass is 32.2. The predicted octanol–water partition coefficient (Wildman–Crippen LogP) is 0.187. The Kier molecular flexibility index (Phi) is 3.61. The fourth-order valence-corrected chi connectivity index (χ4v) is 2.48. The average molecular weight is 241 g/mol. The third-order valence-corrected chi connectivity index (χ3v) is 4.01. The van der Waals surface area contributed by atoms with Crippen LogP contribution >= 0.6 is 0 Å². The number of hydrogen-bond donors (Lipinski definition) is 2. The van der Waals surface area contributed by atoms with Crippen molar-refractivity contribution in [3.8, 4) is 0 Å². The van der Waals surface area contributed by atoms with Crippen LogP contribution in [0, 0.1) is 11.3 Å². The lowest BCUT2D eigenvalue weighted by Gasteiger charge is -2.30. The maximum absolute atomic E-state index is 12.2. The summed E-state index contributed by atoms with van der Waals surface area (Å²) in [5.74, 6) is -3.57. The van der Waals surface area contributed by atoms with Crippen LogP contribution in [-0.4, -0.2) is 37.4 Å². The summed E-state index contributed by atoms with van der Waals surface area (Å²) in [7, 11) is -4.46. The van der Waals surface area contributed by atoms with Crippen molar-refractivity contribution in [1.82, 2.24) is 4.31 Å². The van der Waals surface area contributed by atoms with E-state index in [0.717, 1.165) is 4.31 Å². The Morgan fingerprint density at radius 1 is 1.40 bits per heavy atom. The minimum absolute atomic E-state index is 0.0101. The monoisotopic (exact) mass is 241 g/mol. The van der Waals surface area contributed by atoms with E-state index in [1.165, 1.54) is 0 Å². The van der Waals surface area contributed by atoms with Crippen molar-refractivity contribution in [2.45, 2.75) is 18.6 Å². The van der Waals surface area contributed by atoms with Gasteiger partial charge in [0.2, 0.25) is 0 Å². The molecule has 0 aromatic carbocycles. The Morgan fingerprint density at radius 3 is 2.20 bits per heavy atom. The van der Waals surface area contributed by atoms with E-state index in [1.54, 1.807) is 0 Å². The van der Waals surface area contributed by atoms with Crippen molar-refractivity contribution >= 4 is 15.9 Å². The zero-order chi connectivity index (χ0) is 11.6. The molecule has 0 aromatic heterocycles. The van der Waals surface area contributed by atoms with Crippen molar-refractivity contribution in [2.24, 2.45) is 11.7 Å². The molecule has 0 radical (unpaired) electrons. The van der Waals surface area contributed by atoms with E-state index in [-0.39, 0.29) is 24.8 Å². The first kappa shape index (κ1) is 12.3. The zero-order valence-electron chi connectivity index (χ0n) is 7.99. The fraction of sp³-hybridized carbons (Fsp3) is 0.857. The van der Waals surface area contributed by atoms with Gasteiger partial charge in [0.25, 0.3) is 10.0 Å². The van der Waals surface area contributed by atoms with Gasteiger partial charge in [0.1, 0.15) is 0 Å². The van der Waals surface area contributed by atoms with Crippen molar-refractivity contribution in [3.05, 3.63) is 0 Å². The number of nitrogens with one attached hydrogen (secondary N) is 1. The van der Waals surface area contributed by atoms with Crippen molar-refractivity contribution in [1.29, 1.82) is 5.41 Å². The van der Waals surface area contributed by atoms with Gasteiger partial charge in [-0.05, 0) is 12.8 Å². The average Bonchev–Trinajstić information content (AvgIpc) is 2.17. The molecule has 8 heteroatoms. The Morgan fingerprint density at radius 2 is 1.87 bits per heavy atom. The lowest BCUT2D eigenvalue weighted by atomic mass is 9.97. The molecule has 1 aliphatic rings. The minimum Gasteiger partial charge on any atom is -0.387 e. The molecule has 0 amide bonds. The molecule has 0 bridgehead atoms. The van der Waals surface area contributed by atoms with Crippen LogP contribution in [0.5, 0.6) is 0 Å². The first-order valence-electron chi connectivity index (χ1n) is 4.46. The van der Waals surface area contributed by atoms with Crippen LogP contribution in [0.15, 0.2) is 0 Å². The van der Waals surface area contributed by atoms with E-state index in [9.17, 15) is 17.2 Å². The summed E-state index contributed by atoms with van der Waals surface area (Å²) in [6.45, 7) is 0.0217. The number of nitrogens with two attached hydrogens (primary N) is 1. The number of nitrogens with zero attached hydrogens (tertiary/aromatic N) is 1. The molecule has 1 fully saturated rings. The normalized spacial score (nSPS) is 20.7. The highest BCUT2D eigenvalue weighted by Crippen LogP contribution is 2.22. The fourth-order valence-electron chi connectivity index (χ4n) is 1.53. The van der Waals surface area contributed by atoms with Gasteiger partial charge in [0.05, 0.1) is 5.84 Å². The quantitative estimate of drug-likeness (QED) is 0.546. The van der Waals surface area contributed by atoms with Gasteiger partial charge in [0.15, 0.2) is 0 Å². The molecule has 88 valence electrons. The second-order valence-electron chi connectivity index (χ2n) is 3.43. The van der Waals surface area contributed by atoms with Gasteiger partial charge >= 0.3 is 5.76 Å². The van der Waals surface area contributed by atoms with Crippen LogP contribution < -0.4 is 5.73 Å². The molecular weight excluding hydrogens is 228 g/mol. The Bertz CT molecular complexity index is 336. The van der Waals surface area contributed by atoms with Crippen LogP contribution in [0.25, 0.3) is 0 Å². The first-order chi connectivity index (χ1) is 6.85. The highest BCUT2D eigenvalue weighted by molar-refractivity contribution is 7.89. The maximum Gasteiger partial charge on any atom is 0.350 e. The van der Waals surface area contributed by atoms with E-state index in [4.69, 9.17) is 11.1 Å². The lowest BCUT2D eigenvalue weighted by Crippen LogP contribution is -2.43. The van der Waals surface area contributed by atoms with Crippen LogP contribution in [0.2, 0.25) is 0 Å². The van der Waals surface area contributed by atoms with Gasteiger partial charge in [-0.1, -0.05) is 0 Å². The molecule has 1 heterocycles. The number of rotatable bonds is 3. The number of alkyl halides is 2. The largest absolute Gasteiger partial charge is 0.387 e. The van der Waals surface area contributed by atoms with E-state index in [2.05, 4.69) is 0 Å². The maximum atomic E-state index is 12.2. The van der Waals surface area contributed by atoms with Gasteiger partial charge in [-0.15, -0.1) is 0 Å². The molecule has 1 aliphatic heterocycles. The zero-order valence-corrected chi connectivity index (χ0v) is 8.80. The van der Waals surface area contributed by atoms with Crippen LogP contribution in [0.1, 0.15) is 12.8 Å². The van der Waals surface area contributed by atoms with Crippen LogP contribution in [0.3, 0.4) is 0 Å². The Balaban J connectivity index is 2.62. The van der Waals surface area contributed by atoms with Crippen LogP contribution in [0.4, 0.5) is 8.78 Å². The molecule has 0 spiro atoms. The number of piperidine rings is 1. The standard InChI is InChI=1S/C7H13F2N3O2S/c8-7(9)15(13,14)12-3-1-5(2-4-12)6(10)11/h5,7H,1-4H2,(H3,10,11). The van der Waals surface area contributed by atoms with Gasteiger partial charge in [0, 0.05) is 19.0 Å². The van der Waals surface area contributed by atoms with Crippen molar-refractivity contribution in [3.63, 3.8) is 0 Å². The number of hydrogen-bond acceptors (Lipinski definition) is 3. The topological polar surface area (TPSA) is 87.2 Å². The molecule has 0 atom stereocenters. The minimum atomic E-state index is -4.46. The second kappa shape index (κ2) is 4.40. The van der Waals surface area contributed by atoms with Crippen LogP contribution in [-0.2, 0) is 10.0 Å². The molecule has 1 saturated heterocycles. The molecule has 0 aliphatic carbocycles. The summed E-state index contributed by atoms with van der Waals surface area (Å²) in [6, 6.07) is 0. The summed E-state index contributed by atoms with van der Waals surface area (Å²) in [5, 5.41) is 7.16. The first-order valence-corrected chi connectivity index (χ1v) is 5.97. The second-order valence-corrected chi connectivity index (χ2v) is 5.34. The molecular formula is C7H13F2N3O2S. The van der Waals surface area contributed by atoms with Gasteiger partial charge < -0.3 is 5.73 Å². The summed E-state index contributed by atoms with van der Waals surface area (Å²) < 4.78 is 47.2. The SMILES string of the molecule is N=C(N)C1CCN(S(=O)(=O)C(F)F)CC1. The molecule has 0 aromatic rings. The van der Waals surface area contributed by atoms with E-state index >= 15 is 0 Å². The van der Waals surface area contributed by atoms with E-state index < -0.39 is 15.8 Å². The smallest absolute Gasteiger partial charge is 0.350 e. The third kappa shape index (κ3) is 2.63. The number of amidine groups is 1. The van der Waals surface area contributed by atoms with Crippen molar-refractivity contribution < 1.29 is 17.2 Å². The van der Waals surface area contributed by atoms with Gasteiger partial charge in [-0.2, -0.15) is 13.1 Å². The van der Waals surface area contributed by atoms with Gasteiger partial charge in [-0.25, -0.2) is 8.42 Å². The van der Waals surface area contributed by atoms with Crippen molar-refractivity contribution in [2.75, 3.05) is 13.1 Å². The molecule has 0 saturated carbocycles. The lowest BCUT2D eigenvalue weighted by molar-refractivity contribution is 0.210.